The minimum Gasteiger partial charge on any atom is -0.378 e. The number of carbonyl (C=O) groups excluding carboxylic acids is 1. The summed E-state index contributed by atoms with van der Waals surface area (Å²) in [6, 6.07) is 16.3. The highest BCUT2D eigenvalue weighted by atomic mass is 16.1. The fraction of sp³-hybridized carbons (Fsp3) is 0.136. The van der Waals surface area contributed by atoms with E-state index in [1.54, 1.807) is 18.2 Å². The Kier molecular flexibility index (Phi) is 6.32. The second-order valence-corrected chi connectivity index (χ2v) is 5.85. The van der Waals surface area contributed by atoms with Crippen LogP contribution in [0.4, 0.5) is 5.69 Å². The predicted octanol–water partition coefficient (Wildman–Crippen LogP) is 4.91. The van der Waals surface area contributed by atoms with E-state index in [-0.39, 0.29) is 5.78 Å². The second kappa shape index (κ2) is 8.68. The molecule has 2 rings (SSSR count). The first-order valence-electron chi connectivity index (χ1n) is 7.95. The summed E-state index contributed by atoms with van der Waals surface area (Å²) in [4.78, 5) is 13.9. The van der Waals surface area contributed by atoms with Crippen LogP contribution in [0.1, 0.15) is 16.7 Å². The van der Waals surface area contributed by atoms with Gasteiger partial charge in [-0.25, -0.2) is 0 Å². The molecule has 0 aromatic heterocycles. The van der Waals surface area contributed by atoms with E-state index in [2.05, 4.69) is 19.1 Å². The molecule has 0 amide bonds. The van der Waals surface area contributed by atoms with Crippen molar-refractivity contribution in [2.45, 2.75) is 6.92 Å². The van der Waals surface area contributed by atoms with Gasteiger partial charge in [0.1, 0.15) is 0 Å². The quantitative estimate of drug-likeness (QED) is 0.557. The number of anilines is 1. The lowest BCUT2D eigenvalue weighted by atomic mass is 10.1. The Morgan fingerprint density at radius 2 is 1.62 bits per heavy atom. The van der Waals surface area contributed by atoms with E-state index in [4.69, 9.17) is 0 Å². The van der Waals surface area contributed by atoms with Gasteiger partial charge in [-0.05, 0) is 42.3 Å². The average Bonchev–Trinajstić information content (AvgIpc) is 2.57. The van der Waals surface area contributed by atoms with Crippen molar-refractivity contribution in [3.63, 3.8) is 0 Å². The molecule has 0 saturated heterocycles. The third-order valence-corrected chi connectivity index (χ3v) is 3.55. The number of rotatable bonds is 6. The molecule has 0 spiro atoms. The van der Waals surface area contributed by atoms with Crippen molar-refractivity contribution < 1.29 is 4.79 Å². The van der Waals surface area contributed by atoms with E-state index < -0.39 is 0 Å². The van der Waals surface area contributed by atoms with E-state index in [0.29, 0.717) is 0 Å². The molecule has 2 aromatic rings. The van der Waals surface area contributed by atoms with Crippen molar-refractivity contribution in [1.29, 1.82) is 0 Å². The Labute approximate surface area is 144 Å². The maximum atomic E-state index is 11.8. The first-order valence-corrected chi connectivity index (χ1v) is 7.95. The maximum absolute atomic E-state index is 11.8. The lowest BCUT2D eigenvalue weighted by Gasteiger charge is -2.11. The Morgan fingerprint density at radius 1 is 0.875 bits per heavy atom. The van der Waals surface area contributed by atoms with E-state index >= 15 is 0 Å². The maximum Gasteiger partial charge on any atom is 0.178 e. The number of allylic oxidation sites excluding steroid dienone is 4. The first-order chi connectivity index (χ1) is 11.5. The van der Waals surface area contributed by atoms with Crippen molar-refractivity contribution in [1.82, 2.24) is 0 Å². The summed E-state index contributed by atoms with van der Waals surface area (Å²) in [6.45, 7) is 2.06. The summed E-state index contributed by atoms with van der Waals surface area (Å²) in [5, 5.41) is 0. The molecule has 0 radical (unpaired) electrons. The van der Waals surface area contributed by atoms with Crippen LogP contribution < -0.4 is 4.90 Å². The Bertz CT molecular complexity index is 765. The van der Waals surface area contributed by atoms with Gasteiger partial charge in [0.05, 0.1) is 0 Å². The fourth-order valence-corrected chi connectivity index (χ4v) is 2.21. The summed E-state index contributed by atoms with van der Waals surface area (Å²) in [7, 11) is 4.01. The third-order valence-electron chi connectivity index (χ3n) is 3.55. The minimum absolute atomic E-state index is 0.0272. The summed E-state index contributed by atoms with van der Waals surface area (Å²) < 4.78 is 0. The second-order valence-electron chi connectivity index (χ2n) is 5.85. The lowest BCUT2D eigenvalue weighted by Crippen LogP contribution is -2.07. The number of hydrogen-bond acceptors (Lipinski definition) is 2. The van der Waals surface area contributed by atoms with Crippen LogP contribution in [0.15, 0.2) is 72.8 Å². The Hall–Kier alpha value is -2.87. The molecule has 122 valence electrons. The smallest absolute Gasteiger partial charge is 0.178 e. The molecule has 24 heavy (non-hydrogen) atoms. The van der Waals surface area contributed by atoms with Crippen molar-refractivity contribution in [3.8, 4) is 0 Å². The number of aryl methyl sites for hydroxylation is 1. The zero-order valence-corrected chi connectivity index (χ0v) is 14.4. The van der Waals surface area contributed by atoms with Gasteiger partial charge in [-0.1, -0.05) is 66.3 Å². The van der Waals surface area contributed by atoms with Gasteiger partial charge < -0.3 is 4.90 Å². The van der Waals surface area contributed by atoms with Crippen LogP contribution in [-0.4, -0.2) is 19.9 Å². The van der Waals surface area contributed by atoms with Gasteiger partial charge in [-0.15, -0.1) is 0 Å². The minimum atomic E-state index is -0.0272. The molecule has 0 saturated carbocycles. The Balaban J connectivity index is 1.90. The fourth-order valence-electron chi connectivity index (χ4n) is 2.21. The zero-order valence-electron chi connectivity index (χ0n) is 14.4. The van der Waals surface area contributed by atoms with Crippen LogP contribution >= 0.6 is 0 Å². The van der Waals surface area contributed by atoms with E-state index in [1.165, 1.54) is 5.56 Å². The molecule has 0 fully saturated rings. The third kappa shape index (κ3) is 5.73. The lowest BCUT2D eigenvalue weighted by molar-refractivity contribution is -0.110. The van der Waals surface area contributed by atoms with E-state index in [9.17, 15) is 4.79 Å². The number of nitrogens with zero attached hydrogens (tertiary/aromatic N) is 1. The van der Waals surface area contributed by atoms with Gasteiger partial charge in [0, 0.05) is 19.8 Å². The number of ketones is 1. The van der Waals surface area contributed by atoms with Crippen molar-refractivity contribution >= 4 is 23.6 Å². The van der Waals surface area contributed by atoms with Crippen LogP contribution in [0.5, 0.6) is 0 Å². The molecule has 0 heterocycles. The number of carbonyl (C=O) groups is 1. The SMILES string of the molecule is Cc1cccc(/C=C/C=C/C(=O)/C=C/c2ccc(N(C)C)cc2)c1. The molecule has 0 atom stereocenters. The number of benzene rings is 2. The van der Waals surface area contributed by atoms with Crippen molar-refractivity contribution in [2.75, 3.05) is 19.0 Å². The first kappa shape index (κ1) is 17.5. The molecule has 0 bridgehead atoms. The van der Waals surface area contributed by atoms with E-state index in [0.717, 1.165) is 16.8 Å². The van der Waals surface area contributed by atoms with Crippen LogP contribution in [-0.2, 0) is 4.79 Å². The van der Waals surface area contributed by atoms with Gasteiger partial charge in [-0.3, -0.25) is 4.79 Å². The summed E-state index contributed by atoms with van der Waals surface area (Å²) in [5.41, 5.74) is 4.50. The van der Waals surface area contributed by atoms with Crippen molar-refractivity contribution in [2.24, 2.45) is 0 Å². The standard InChI is InChI=1S/C22H23NO/c1-18-7-6-9-20(17-18)8-4-5-10-22(24)16-13-19-11-14-21(15-12-19)23(2)3/h4-17H,1-3H3/b8-4+,10-5+,16-13+. The monoisotopic (exact) mass is 317 g/mol. The van der Waals surface area contributed by atoms with Gasteiger partial charge in [-0.2, -0.15) is 0 Å². The molecule has 0 aliphatic rings. The highest BCUT2D eigenvalue weighted by Gasteiger charge is 1.94. The zero-order chi connectivity index (χ0) is 17.4. The topological polar surface area (TPSA) is 20.3 Å². The highest BCUT2D eigenvalue weighted by Crippen LogP contribution is 2.13. The van der Waals surface area contributed by atoms with Gasteiger partial charge >= 0.3 is 0 Å². The van der Waals surface area contributed by atoms with Crippen LogP contribution in [0.3, 0.4) is 0 Å². The summed E-state index contributed by atoms with van der Waals surface area (Å²) in [5.74, 6) is -0.0272. The van der Waals surface area contributed by atoms with Gasteiger partial charge in [0.2, 0.25) is 0 Å². The largest absolute Gasteiger partial charge is 0.378 e. The number of hydrogen-bond donors (Lipinski definition) is 0. The van der Waals surface area contributed by atoms with E-state index in [1.807, 2.05) is 73.6 Å². The van der Waals surface area contributed by atoms with Gasteiger partial charge in [0.25, 0.3) is 0 Å². The highest BCUT2D eigenvalue weighted by molar-refractivity contribution is 6.02. The molecular weight excluding hydrogens is 294 g/mol. The molecule has 0 aliphatic carbocycles. The normalized spacial score (nSPS) is 11.6. The van der Waals surface area contributed by atoms with Crippen molar-refractivity contribution in [3.05, 3.63) is 89.5 Å². The molecular formula is C22H23NO. The summed E-state index contributed by atoms with van der Waals surface area (Å²) >= 11 is 0. The van der Waals surface area contributed by atoms with Crippen LogP contribution in [0, 0.1) is 6.92 Å². The molecule has 2 nitrogen and oxygen atoms in total. The predicted molar refractivity (Wildman–Crippen MR) is 104 cm³/mol. The molecule has 0 N–H and O–H groups in total. The molecule has 2 heteroatoms. The average molecular weight is 317 g/mol. The molecule has 0 unspecified atom stereocenters. The van der Waals surface area contributed by atoms with Crippen LogP contribution in [0.25, 0.3) is 12.2 Å². The molecule has 2 aromatic carbocycles. The van der Waals surface area contributed by atoms with Gasteiger partial charge in [0.15, 0.2) is 5.78 Å². The van der Waals surface area contributed by atoms with Crippen LogP contribution in [0.2, 0.25) is 0 Å². The summed E-state index contributed by atoms with van der Waals surface area (Å²) in [6.07, 6.45) is 10.6. The molecule has 0 aliphatic heterocycles. The Morgan fingerprint density at radius 3 is 2.29 bits per heavy atom.